The summed E-state index contributed by atoms with van der Waals surface area (Å²) in [7, 11) is 0. The predicted octanol–water partition coefficient (Wildman–Crippen LogP) is 3.96. The summed E-state index contributed by atoms with van der Waals surface area (Å²) in [5.74, 6) is 0. The Morgan fingerprint density at radius 3 is 1.20 bits per heavy atom. The minimum atomic E-state index is -1.85. The number of aliphatic hydroxyl groups excluding tert-OH is 2. The van der Waals surface area contributed by atoms with Crippen molar-refractivity contribution in [3.05, 3.63) is 0 Å². The van der Waals surface area contributed by atoms with Crippen molar-refractivity contribution in [2.45, 2.75) is 45.8 Å². The number of hydrogen-bond donors (Lipinski definition) is 2. The molecule has 2 atom stereocenters. The van der Waals surface area contributed by atoms with Crippen LogP contribution in [0, 0.1) is 0 Å². The SMILES string of the molecule is OC(OCCCCCCOC(O)C(Cl)(Cl)Cl)C(Cl)(Cl)Cl. The zero-order chi connectivity index (χ0) is 15.8. The van der Waals surface area contributed by atoms with Crippen LogP contribution in [0.1, 0.15) is 25.7 Å². The molecule has 0 heterocycles. The van der Waals surface area contributed by atoms with Gasteiger partial charge in [-0.15, -0.1) is 0 Å². The van der Waals surface area contributed by atoms with Gasteiger partial charge in [0.25, 0.3) is 0 Å². The van der Waals surface area contributed by atoms with E-state index in [1.807, 2.05) is 0 Å². The second-order valence-electron chi connectivity index (χ2n) is 3.94. The summed E-state index contributed by atoms with van der Waals surface area (Å²) in [6.07, 6.45) is 0.112. The molecule has 2 unspecified atom stereocenters. The van der Waals surface area contributed by atoms with Gasteiger partial charge in [-0.05, 0) is 12.8 Å². The van der Waals surface area contributed by atoms with E-state index < -0.39 is 20.2 Å². The van der Waals surface area contributed by atoms with Gasteiger partial charge in [-0.2, -0.15) is 0 Å². The predicted molar refractivity (Wildman–Crippen MR) is 83.0 cm³/mol. The summed E-state index contributed by atoms with van der Waals surface area (Å²) in [6, 6.07) is 0. The molecule has 0 aromatic rings. The van der Waals surface area contributed by atoms with Crippen molar-refractivity contribution in [1.82, 2.24) is 0 Å². The van der Waals surface area contributed by atoms with Crippen LogP contribution in [0.3, 0.4) is 0 Å². The molecule has 0 aliphatic rings. The second-order valence-corrected chi connectivity index (χ2v) is 8.68. The summed E-state index contributed by atoms with van der Waals surface area (Å²) in [5, 5.41) is 18.5. The van der Waals surface area contributed by atoms with Crippen molar-refractivity contribution >= 4 is 69.6 Å². The zero-order valence-corrected chi connectivity index (χ0v) is 14.9. The van der Waals surface area contributed by atoms with E-state index in [1.54, 1.807) is 0 Å². The summed E-state index contributed by atoms with van der Waals surface area (Å²) in [6.45, 7) is 0.541. The highest BCUT2D eigenvalue weighted by atomic mass is 35.6. The van der Waals surface area contributed by atoms with Crippen LogP contribution in [0.25, 0.3) is 0 Å². The van der Waals surface area contributed by atoms with Crippen molar-refractivity contribution in [2.24, 2.45) is 0 Å². The number of hydrogen-bond acceptors (Lipinski definition) is 4. The molecule has 0 aliphatic carbocycles. The monoisotopic (exact) mass is 410 g/mol. The van der Waals surface area contributed by atoms with Gasteiger partial charge in [0, 0.05) is 13.2 Å². The zero-order valence-electron chi connectivity index (χ0n) is 10.4. The number of ether oxygens (including phenoxy) is 2. The molecule has 20 heavy (non-hydrogen) atoms. The van der Waals surface area contributed by atoms with Crippen LogP contribution in [0.4, 0.5) is 0 Å². The Morgan fingerprint density at radius 1 is 0.650 bits per heavy atom. The molecule has 0 saturated heterocycles. The largest absolute Gasteiger partial charge is 0.365 e. The van der Waals surface area contributed by atoms with Gasteiger partial charge in [-0.25, -0.2) is 0 Å². The number of halogens is 6. The molecule has 0 aliphatic heterocycles. The van der Waals surface area contributed by atoms with Gasteiger partial charge >= 0.3 is 0 Å². The summed E-state index contributed by atoms with van der Waals surface area (Å²) in [4.78, 5) is 0. The third-order valence-corrected chi connectivity index (χ3v) is 3.27. The Kier molecular flexibility index (Phi) is 11.2. The molecule has 10 heteroatoms. The Hall–Kier alpha value is 1.58. The third-order valence-electron chi connectivity index (χ3n) is 2.15. The molecule has 0 rings (SSSR count). The average molecular weight is 413 g/mol. The molecule has 4 nitrogen and oxygen atoms in total. The fourth-order valence-electron chi connectivity index (χ4n) is 1.14. The van der Waals surface area contributed by atoms with Crippen LogP contribution in [0.15, 0.2) is 0 Å². The molecule has 0 bridgehead atoms. The van der Waals surface area contributed by atoms with E-state index >= 15 is 0 Å². The van der Waals surface area contributed by atoms with Crippen LogP contribution in [0.5, 0.6) is 0 Å². The molecule has 0 amide bonds. The average Bonchev–Trinajstić information content (AvgIpc) is 2.29. The van der Waals surface area contributed by atoms with Crippen LogP contribution < -0.4 is 0 Å². The molecular weight excluding hydrogens is 397 g/mol. The van der Waals surface area contributed by atoms with Gasteiger partial charge in [-0.3, -0.25) is 0 Å². The minimum Gasteiger partial charge on any atom is -0.365 e. The molecule has 0 spiro atoms. The van der Waals surface area contributed by atoms with Gasteiger partial charge < -0.3 is 19.7 Å². The fraction of sp³-hybridized carbons (Fsp3) is 1.00. The second kappa shape index (κ2) is 10.4. The summed E-state index contributed by atoms with van der Waals surface area (Å²) in [5.41, 5.74) is 0. The maximum absolute atomic E-state index is 9.26. The topological polar surface area (TPSA) is 58.9 Å². The highest BCUT2D eigenvalue weighted by molar-refractivity contribution is 6.68. The van der Waals surface area contributed by atoms with E-state index in [-0.39, 0.29) is 13.2 Å². The van der Waals surface area contributed by atoms with E-state index in [0.717, 1.165) is 12.8 Å². The van der Waals surface area contributed by atoms with Gasteiger partial charge in [0.05, 0.1) is 0 Å². The minimum absolute atomic E-state index is 0.271. The highest BCUT2D eigenvalue weighted by Crippen LogP contribution is 2.31. The Morgan fingerprint density at radius 2 is 0.950 bits per heavy atom. The summed E-state index contributed by atoms with van der Waals surface area (Å²) >= 11 is 32.5. The molecule has 0 saturated carbocycles. The van der Waals surface area contributed by atoms with E-state index in [9.17, 15) is 10.2 Å². The van der Waals surface area contributed by atoms with Gasteiger partial charge in [0.15, 0.2) is 0 Å². The maximum atomic E-state index is 9.26. The van der Waals surface area contributed by atoms with Gasteiger partial charge in [0.1, 0.15) is 0 Å². The lowest BCUT2D eigenvalue weighted by Gasteiger charge is -2.19. The van der Waals surface area contributed by atoms with E-state index in [2.05, 4.69) is 0 Å². The first-order valence-electron chi connectivity index (χ1n) is 5.78. The third kappa shape index (κ3) is 11.2. The first-order chi connectivity index (χ1) is 9.05. The first kappa shape index (κ1) is 21.6. The fourth-order valence-corrected chi connectivity index (χ4v) is 1.51. The Labute approximate surface area is 148 Å². The van der Waals surface area contributed by atoms with Crippen LogP contribution in [-0.2, 0) is 9.47 Å². The number of aliphatic hydroxyl groups is 2. The van der Waals surface area contributed by atoms with E-state index in [1.165, 1.54) is 0 Å². The smallest absolute Gasteiger partial charge is 0.240 e. The van der Waals surface area contributed by atoms with Crippen LogP contribution >= 0.6 is 69.6 Å². The number of rotatable bonds is 9. The molecular formula is C10H16Cl6O4. The molecule has 0 radical (unpaired) electrons. The highest BCUT2D eigenvalue weighted by Gasteiger charge is 2.32. The molecule has 2 N–H and O–H groups in total. The van der Waals surface area contributed by atoms with Crippen molar-refractivity contribution in [2.75, 3.05) is 13.2 Å². The standard InChI is InChI=1S/C10H16Cl6O4/c11-9(12,13)7(17)19-5-3-1-2-4-6-20-8(18)10(14,15)16/h7-8,17-18H,1-6H2. The van der Waals surface area contributed by atoms with Gasteiger partial charge in [-0.1, -0.05) is 82.4 Å². The van der Waals surface area contributed by atoms with Crippen LogP contribution in [0.2, 0.25) is 0 Å². The molecule has 0 aromatic carbocycles. The quantitative estimate of drug-likeness (QED) is 0.342. The molecule has 0 fully saturated rings. The van der Waals surface area contributed by atoms with Crippen molar-refractivity contribution < 1.29 is 19.7 Å². The Balaban J connectivity index is 3.42. The van der Waals surface area contributed by atoms with Crippen molar-refractivity contribution in [1.29, 1.82) is 0 Å². The van der Waals surface area contributed by atoms with E-state index in [4.69, 9.17) is 79.1 Å². The normalized spacial score (nSPS) is 16.2. The van der Waals surface area contributed by atoms with Crippen molar-refractivity contribution in [3.8, 4) is 0 Å². The lowest BCUT2D eigenvalue weighted by molar-refractivity contribution is -0.0990. The Bertz CT molecular complexity index is 229. The summed E-state index contributed by atoms with van der Waals surface area (Å²) < 4.78 is 6.17. The number of unbranched alkanes of at least 4 members (excludes halogenated alkanes) is 3. The first-order valence-corrected chi connectivity index (χ1v) is 8.04. The lowest BCUT2D eigenvalue weighted by Crippen LogP contribution is -2.28. The number of alkyl halides is 6. The molecule has 122 valence electrons. The molecule has 0 aromatic heterocycles. The van der Waals surface area contributed by atoms with Crippen LogP contribution in [-0.4, -0.2) is 43.6 Å². The lowest BCUT2D eigenvalue weighted by atomic mass is 10.2. The maximum Gasteiger partial charge on any atom is 0.240 e. The van der Waals surface area contributed by atoms with Gasteiger partial charge in [0.2, 0.25) is 20.2 Å². The van der Waals surface area contributed by atoms with E-state index in [0.29, 0.717) is 12.8 Å². The van der Waals surface area contributed by atoms with Crippen molar-refractivity contribution in [3.63, 3.8) is 0 Å².